The van der Waals surface area contributed by atoms with Gasteiger partial charge in [-0.2, -0.15) is 15.3 Å². The van der Waals surface area contributed by atoms with Crippen LogP contribution in [-0.2, 0) is 17.9 Å². The zero-order chi connectivity index (χ0) is 31.9. The quantitative estimate of drug-likeness (QED) is 0.163. The van der Waals surface area contributed by atoms with Gasteiger partial charge >= 0.3 is 0 Å². The molecule has 1 fully saturated rings. The van der Waals surface area contributed by atoms with E-state index in [9.17, 15) is 4.79 Å². The number of pyridine rings is 1. The van der Waals surface area contributed by atoms with E-state index in [4.69, 9.17) is 20.3 Å². The van der Waals surface area contributed by atoms with Crippen molar-refractivity contribution in [3.63, 3.8) is 0 Å². The van der Waals surface area contributed by atoms with Gasteiger partial charge in [0.25, 0.3) is 0 Å². The maximum atomic E-state index is 12.0. The second-order valence-electron chi connectivity index (χ2n) is 13.1. The molecule has 0 aliphatic carbocycles. The van der Waals surface area contributed by atoms with E-state index in [1.165, 1.54) is 11.1 Å². The van der Waals surface area contributed by atoms with E-state index in [1.807, 2.05) is 16.5 Å². The summed E-state index contributed by atoms with van der Waals surface area (Å²) in [7, 11) is 0. The predicted molar refractivity (Wildman–Crippen MR) is 182 cm³/mol. The Morgan fingerprint density at radius 2 is 1.72 bits per heavy atom. The summed E-state index contributed by atoms with van der Waals surface area (Å²) in [4.78, 5) is 18.9. The monoisotopic (exact) mass is 614 g/mol. The van der Waals surface area contributed by atoms with Crippen LogP contribution in [0.4, 0.5) is 0 Å². The lowest BCUT2D eigenvalue weighted by molar-refractivity contribution is -0.127. The Labute approximate surface area is 269 Å². The van der Waals surface area contributed by atoms with Gasteiger partial charge in [0, 0.05) is 78.5 Å². The smallest absolute Gasteiger partial charge is 0.222 e. The van der Waals surface area contributed by atoms with Crippen molar-refractivity contribution in [2.45, 2.75) is 78.8 Å². The highest BCUT2D eigenvalue weighted by molar-refractivity contribution is 5.94. The van der Waals surface area contributed by atoms with Crippen LogP contribution in [0.2, 0.25) is 0 Å². The van der Waals surface area contributed by atoms with Gasteiger partial charge in [-0.15, -0.1) is 0 Å². The lowest BCUT2D eigenvalue weighted by Crippen LogP contribution is -2.26. The minimum absolute atomic E-state index is 0.269. The van der Waals surface area contributed by atoms with Crippen LogP contribution in [0.1, 0.15) is 74.4 Å². The molecule has 0 radical (unpaired) electrons. The normalized spacial score (nSPS) is 14.4. The molecule has 1 aliphatic rings. The standard InChI is InChI=1S/C37H42N8O/c1-24(2)35-27(5)45(33-20-29-22-43(41-37(29)38-26(33)4)19-11-18-42-17-10-16-34(42)46)40-36(35)30-14-9-15-32-31(30)23-44(39-32)21-25(3)28-12-7-6-8-13-28/h6-9,12-15,20,22-25H,10-11,16-19,21H2,1-5H3/t25-/m0/s1. The van der Waals surface area contributed by atoms with Crippen LogP contribution in [0.25, 0.3) is 38.9 Å². The van der Waals surface area contributed by atoms with Crippen molar-refractivity contribution in [3.8, 4) is 16.9 Å². The van der Waals surface area contributed by atoms with E-state index in [-0.39, 0.29) is 11.8 Å². The van der Waals surface area contributed by atoms with Crippen molar-refractivity contribution >= 4 is 27.8 Å². The largest absolute Gasteiger partial charge is 0.343 e. The maximum absolute atomic E-state index is 12.0. The van der Waals surface area contributed by atoms with Crippen molar-refractivity contribution in [1.29, 1.82) is 0 Å². The molecule has 9 heteroatoms. The molecule has 1 amide bonds. The van der Waals surface area contributed by atoms with Gasteiger partial charge in [0.05, 0.1) is 22.6 Å². The zero-order valence-electron chi connectivity index (χ0n) is 27.4. The summed E-state index contributed by atoms with van der Waals surface area (Å²) in [5.41, 5.74) is 9.27. The Morgan fingerprint density at radius 1 is 0.891 bits per heavy atom. The minimum atomic E-state index is 0.269. The summed E-state index contributed by atoms with van der Waals surface area (Å²) in [5, 5.41) is 17.1. The van der Waals surface area contributed by atoms with Gasteiger partial charge in [0.15, 0.2) is 5.65 Å². The Bertz CT molecular complexity index is 2030. The number of fused-ring (bicyclic) bond motifs is 2. The molecule has 0 N–H and O–H groups in total. The average Bonchev–Trinajstić information content (AvgIpc) is 3.82. The van der Waals surface area contributed by atoms with Crippen LogP contribution in [0.3, 0.4) is 0 Å². The summed E-state index contributed by atoms with van der Waals surface area (Å²) in [6.07, 6.45) is 6.76. The number of rotatable bonds is 10. The zero-order valence-corrected chi connectivity index (χ0v) is 27.4. The fourth-order valence-corrected chi connectivity index (χ4v) is 6.97. The Hall–Kier alpha value is -4.79. The Kier molecular flexibility index (Phi) is 7.92. The first-order valence-corrected chi connectivity index (χ1v) is 16.5. The second-order valence-corrected chi connectivity index (χ2v) is 13.1. The van der Waals surface area contributed by atoms with Gasteiger partial charge < -0.3 is 4.90 Å². The number of benzene rings is 2. The molecule has 1 atom stereocenters. The Morgan fingerprint density at radius 3 is 2.48 bits per heavy atom. The average molecular weight is 615 g/mol. The first-order chi connectivity index (χ1) is 22.3. The fraction of sp³-hybridized carbons (Fsp3) is 0.378. The first kappa shape index (κ1) is 29.9. The van der Waals surface area contributed by atoms with E-state index in [0.29, 0.717) is 12.3 Å². The molecule has 1 saturated heterocycles. The van der Waals surface area contributed by atoms with Crippen molar-refractivity contribution in [2.75, 3.05) is 13.1 Å². The molecule has 46 heavy (non-hydrogen) atoms. The molecular weight excluding hydrogens is 572 g/mol. The Balaban J connectivity index is 1.21. The molecule has 1 aliphatic heterocycles. The van der Waals surface area contributed by atoms with Crippen LogP contribution in [0.5, 0.6) is 0 Å². The molecule has 0 saturated carbocycles. The fourth-order valence-electron chi connectivity index (χ4n) is 6.97. The molecule has 9 nitrogen and oxygen atoms in total. The molecule has 6 aromatic rings. The first-order valence-electron chi connectivity index (χ1n) is 16.5. The predicted octanol–water partition coefficient (Wildman–Crippen LogP) is 7.19. The third-order valence-corrected chi connectivity index (χ3v) is 9.34. The van der Waals surface area contributed by atoms with Gasteiger partial charge in [-0.3, -0.25) is 14.2 Å². The van der Waals surface area contributed by atoms with Crippen LogP contribution < -0.4 is 0 Å². The summed E-state index contributed by atoms with van der Waals surface area (Å²) < 4.78 is 6.09. The third kappa shape index (κ3) is 5.59. The molecule has 2 aromatic carbocycles. The number of hydrogen-bond donors (Lipinski definition) is 0. The van der Waals surface area contributed by atoms with E-state index >= 15 is 0 Å². The summed E-state index contributed by atoms with van der Waals surface area (Å²) in [6, 6.07) is 19.1. The molecule has 5 heterocycles. The summed E-state index contributed by atoms with van der Waals surface area (Å²) in [6.45, 7) is 14.1. The van der Waals surface area contributed by atoms with E-state index in [0.717, 1.165) is 89.3 Å². The molecule has 0 bridgehead atoms. The van der Waals surface area contributed by atoms with Crippen molar-refractivity contribution in [1.82, 2.24) is 39.2 Å². The lowest BCUT2D eigenvalue weighted by Gasteiger charge is -2.14. The number of likely N-dealkylation sites (tertiary alicyclic amines) is 1. The molecule has 0 spiro atoms. The van der Waals surface area contributed by atoms with Crippen LogP contribution in [0.15, 0.2) is 67.0 Å². The van der Waals surface area contributed by atoms with Crippen molar-refractivity contribution in [2.24, 2.45) is 0 Å². The molecule has 7 rings (SSSR count). The summed E-state index contributed by atoms with van der Waals surface area (Å²) >= 11 is 0. The lowest BCUT2D eigenvalue weighted by atomic mass is 9.95. The SMILES string of the molecule is Cc1nc2nn(CCCN3CCCC3=O)cc2cc1-n1nc(-c2cccc3nn(C[C@H](C)c4ccccc4)cc23)c(C(C)C)c1C. The molecular formula is C37H42N8O. The van der Waals surface area contributed by atoms with Crippen LogP contribution in [0, 0.1) is 13.8 Å². The van der Waals surface area contributed by atoms with E-state index in [1.54, 1.807) is 0 Å². The summed E-state index contributed by atoms with van der Waals surface area (Å²) in [5.74, 6) is 0.884. The third-order valence-electron chi connectivity index (χ3n) is 9.34. The number of amides is 1. The number of hydrogen-bond acceptors (Lipinski definition) is 5. The second kappa shape index (κ2) is 12.2. The van der Waals surface area contributed by atoms with Crippen molar-refractivity contribution in [3.05, 3.63) is 89.5 Å². The topological polar surface area (TPSA) is 86.7 Å². The van der Waals surface area contributed by atoms with Gasteiger partial charge in [-0.25, -0.2) is 9.67 Å². The minimum Gasteiger partial charge on any atom is -0.343 e. The molecule has 4 aromatic heterocycles. The van der Waals surface area contributed by atoms with E-state index < -0.39 is 0 Å². The number of aromatic nitrogens is 7. The number of carbonyl (C=O) groups excluding carboxylic acids is 1. The van der Waals surface area contributed by atoms with Gasteiger partial charge in [-0.1, -0.05) is 63.2 Å². The van der Waals surface area contributed by atoms with Crippen molar-refractivity contribution < 1.29 is 4.79 Å². The number of aryl methyl sites for hydroxylation is 2. The van der Waals surface area contributed by atoms with Gasteiger partial charge in [0.1, 0.15) is 0 Å². The highest BCUT2D eigenvalue weighted by atomic mass is 16.2. The highest BCUT2D eigenvalue weighted by Crippen LogP contribution is 2.37. The van der Waals surface area contributed by atoms with Gasteiger partial charge in [0.2, 0.25) is 5.91 Å². The number of carbonyl (C=O) groups is 1. The number of nitrogens with zero attached hydrogens (tertiary/aromatic N) is 8. The van der Waals surface area contributed by atoms with E-state index in [2.05, 4.69) is 104 Å². The highest BCUT2D eigenvalue weighted by Gasteiger charge is 2.24. The molecule has 236 valence electrons. The maximum Gasteiger partial charge on any atom is 0.222 e. The van der Waals surface area contributed by atoms with Crippen LogP contribution >= 0.6 is 0 Å². The van der Waals surface area contributed by atoms with Gasteiger partial charge in [-0.05, 0) is 50.3 Å². The van der Waals surface area contributed by atoms with Crippen LogP contribution in [-0.4, -0.2) is 58.2 Å². The molecule has 0 unspecified atom stereocenters.